The molecule has 0 saturated heterocycles. The summed E-state index contributed by atoms with van der Waals surface area (Å²) in [6, 6.07) is 5.75. The van der Waals surface area contributed by atoms with E-state index >= 15 is 0 Å². The van der Waals surface area contributed by atoms with Crippen LogP contribution in [-0.4, -0.2) is 22.7 Å². The van der Waals surface area contributed by atoms with Crippen LogP contribution >= 0.6 is 11.3 Å². The number of rotatable bonds is 4. The highest BCUT2D eigenvalue weighted by Gasteiger charge is 2.07. The predicted molar refractivity (Wildman–Crippen MR) is 69.9 cm³/mol. The van der Waals surface area contributed by atoms with Gasteiger partial charge in [-0.25, -0.2) is 0 Å². The third-order valence-electron chi connectivity index (χ3n) is 2.52. The van der Waals surface area contributed by atoms with E-state index < -0.39 is 0 Å². The van der Waals surface area contributed by atoms with Gasteiger partial charge in [-0.05, 0) is 31.0 Å². The molecule has 0 saturated carbocycles. The van der Waals surface area contributed by atoms with Crippen LogP contribution in [0.25, 0.3) is 0 Å². The van der Waals surface area contributed by atoms with Crippen LogP contribution in [0.15, 0.2) is 23.7 Å². The number of hydrogen-bond donors (Lipinski definition) is 1. The van der Waals surface area contributed by atoms with Crippen LogP contribution in [0.4, 0.5) is 5.13 Å². The highest BCUT2D eigenvalue weighted by Crippen LogP contribution is 2.20. The number of aryl methyl sites for hydroxylation is 1. The van der Waals surface area contributed by atoms with E-state index in [1.54, 1.807) is 5.51 Å². The van der Waals surface area contributed by atoms with Gasteiger partial charge in [-0.2, -0.15) is 0 Å². The van der Waals surface area contributed by atoms with E-state index in [0.29, 0.717) is 5.13 Å². The van der Waals surface area contributed by atoms with E-state index in [-0.39, 0.29) is 12.5 Å². The number of nitrogens with zero attached hydrogens (tertiary/aromatic N) is 2. The van der Waals surface area contributed by atoms with Crippen molar-refractivity contribution in [1.82, 2.24) is 10.2 Å². The smallest absolute Gasteiger partial charge is 0.264 e. The molecule has 1 amide bonds. The van der Waals surface area contributed by atoms with E-state index in [0.717, 1.165) is 16.9 Å². The number of aromatic nitrogens is 2. The molecule has 1 aromatic heterocycles. The van der Waals surface area contributed by atoms with E-state index in [2.05, 4.69) is 15.5 Å². The van der Waals surface area contributed by atoms with Crippen molar-refractivity contribution in [3.8, 4) is 5.75 Å². The molecule has 1 aromatic carbocycles. The summed E-state index contributed by atoms with van der Waals surface area (Å²) < 4.78 is 5.47. The number of benzene rings is 1. The Morgan fingerprint density at radius 1 is 1.44 bits per heavy atom. The first kappa shape index (κ1) is 12.5. The summed E-state index contributed by atoms with van der Waals surface area (Å²) >= 11 is 1.27. The molecule has 1 heterocycles. The number of nitrogens with one attached hydrogen (secondary N) is 1. The van der Waals surface area contributed by atoms with Gasteiger partial charge in [-0.3, -0.25) is 10.1 Å². The van der Waals surface area contributed by atoms with Crippen molar-refractivity contribution in [2.24, 2.45) is 0 Å². The van der Waals surface area contributed by atoms with Crippen molar-refractivity contribution in [1.29, 1.82) is 0 Å². The summed E-state index contributed by atoms with van der Waals surface area (Å²) in [4.78, 5) is 11.6. The van der Waals surface area contributed by atoms with Gasteiger partial charge < -0.3 is 4.74 Å². The standard InChI is InChI=1S/C12H13N3O2S/c1-8-4-3-5-10(9(8)2)17-6-11(16)14-12-15-13-7-18-12/h3-5,7H,6H2,1-2H3,(H,14,15,16). The second kappa shape index (κ2) is 5.59. The summed E-state index contributed by atoms with van der Waals surface area (Å²) in [5.41, 5.74) is 3.74. The minimum atomic E-state index is -0.243. The minimum absolute atomic E-state index is 0.0378. The molecule has 5 nitrogen and oxygen atoms in total. The molecule has 0 fully saturated rings. The third kappa shape index (κ3) is 3.04. The Morgan fingerprint density at radius 3 is 3.00 bits per heavy atom. The Bertz CT molecular complexity index is 540. The first-order valence-corrected chi connectivity index (χ1v) is 6.30. The zero-order valence-electron chi connectivity index (χ0n) is 10.1. The lowest BCUT2D eigenvalue weighted by Crippen LogP contribution is -2.20. The molecule has 0 radical (unpaired) electrons. The molecule has 0 spiro atoms. The van der Waals surface area contributed by atoms with Gasteiger partial charge in [-0.1, -0.05) is 23.5 Å². The number of carbonyl (C=O) groups is 1. The second-order valence-corrected chi connectivity index (χ2v) is 4.61. The highest BCUT2D eigenvalue weighted by molar-refractivity contribution is 7.13. The summed E-state index contributed by atoms with van der Waals surface area (Å²) in [5.74, 6) is 0.482. The fraction of sp³-hybridized carbons (Fsp3) is 0.250. The van der Waals surface area contributed by atoms with E-state index in [9.17, 15) is 4.79 Å². The molecular formula is C12H13N3O2S. The maximum absolute atomic E-state index is 11.6. The Morgan fingerprint density at radius 2 is 2.28 bits per heavy atom. The molecule has 0 unspecified atom stereocenters. The average molecular weight is 263 g/mol. The molecule has 6 heteroatoms. The van der Waals surface area contributed by atoms with Crippen molar-refractivity contribution in [3.05, 3.63) is 34.8 Å². The van der Waals surface area contributed by atoms with Gasteiger partial charge in [0.25, 0.3) is 5.91 Å². The zero-order valence-corrected chi connectivity index (χ0v) is 11.0. The Kier molecular flexibility index (Phi) is 3.88. The summed E-state index contributed by atoms with van der Waals surface area (Å²) in [7, 11) is 0. The number of hydrogen-bond acceptors (Lipinski definition) is 5. The minimum Gasteiger partial charge on any atom is -0.483 e. The van der Waals surface area contributed by atoms with E-state index in [4.69, 9.17) is 4.74 Å². The lowest BCUT2D eigenvalue weighted by Gasteiger charge is -2.10. The van der Waals surface area contributed by atoms with Crippen LogP contribution < -0.4 is 10.1 Å². The van der Waals surface area contributed by atoms with Crippen LogP contribution in [0, 0.1) is 13.8 Å². The van der Waals surface area contributed by atoms with Crippen LogP contribution in [0.3, 0.4) is 0 Å². The Hall–Kier alpha value is -1.95. The van der Waals surface area contributed by atoms with Crippen LogP contribution in [-0.2, 0) is 4.79 Å². The molecule has 0 aliphatic carbocycles. The Labute approximate surface area is 109 Å². The number of carbonyl (C=O) groups excluding carboxylic acids is 1. The first-order chi connectivity index (χ1) is 8.66. The van der Waals surface area contributed by atoms with Gasteiger partial charge in [0.15, 0.2) is 6.61 Å². The molecule has 0 aliphatic heterocycles. The fourth-order valence-electron chi connectivity index (χ4n) is 1.41. The van der Waals surface area contributed by atoms with Gasteiger partial charge in [0.2, 0.25) is 5.13 Å². The van der Waals surface area contributed by atoms with Crippen LogP contribution in [0.1, 0.15) is 11.1 Å². The molecule has 0 aliphatic rings. The van der Waals surface area contributed by atoms with Crippen LogP contribution in [0.5, 0.6) is 5.75 Å². The average Bonchev–Trinajstić information content (AvgIpc) is 2.84. The van der Waals surface area contributed by atoms with E-state index in [1.807, 2.05) is 32.0 Å². The molecule has 0 bridgehead atoms. The molecule has 0 atom stereocenters. The Balaban J connectivity index is 1.91. The first-order valence-electron chi connectivity index (χ1n) is 5.42. The van der Waals surface area contributed by atoms with Crippen molar-refractivity contribution in [2.45, 2.75) is 13.8 Å². The van der Waals surface area contributed by atoms with Gasteiger partial charge >= 0.3 is 0 Å². The zero-order chi connectivity index (χ0) is 13.0. The SMILES string of the molecule is Cc1cccc(OCC(=O)Nc2nncs2)c1C. The lowest BCUT2D eigenvalue weighted by molar-refractivity contribution is -0.118. The number of amides is 1. The van der Waals surface area contributed by atoms with E-state index in [1.165, 1.54) is 11.3 Å². The van der Waals surface area contributed by atoms with Crippen molar-refractivity contribution in [2.75, 3.05) is 11.9 Å². The quantitative estimate of drug-likeness (QED) is 0.918. The van der Waals surface area contributed by atoms with Gasteiger partial charge in [0.05, 0.1) is 0 Å². The van der Waals surface area contributed by atoms with Gasteiger partial charge in [0, 0.05) is 0 Å². The normalized spacial score (nSPS) is 10.1. The molecule has 2 aromatic rings. The molecule has 18 heavy (non-hydrogen) atoms. The monoisotopic (exact) mass is 263 g/mol. The molecule has 2 rings (SSSR count). The number of anilines is 1. The maximum atomic E-state index is 11.6. The molecule has 1 N–H and O–H groups in total. The second-order valence-electron chi connectivity index (χ2n) is 3.78. The van der Waals surface area contributed by atoms with Gasteiger partial charge in [0.1, 0.15) is 11.3 Å². The lowest BCUT2D eigenvalue weighted by atomic mass is 10.1. The molecule has 94 valence electrons. The summed E-state index contributed by atoms with van der Waals surface area (Å²) in [6.07, 6.45) is 0. The fourth-order valence-corrected chi connectivity index (χ4v) is 1.87. The third-order valence-corrected chi connectivity index (χ3v) is 3.13. The van der Waals surface area contributed by atoms with Crippen molar-refractivity contribution in [3.63, 3.8) is 0 Å². The van der Waals surface area contributed by atoms with Crippen LogP contribution in [0.2, 0.25) is 0 Å². The van der Waals surface area contributed by atoms with Gasteiger partial charge in [-0.15, -0.1) is 10.2 Å². The number of ether oxygens (including phenoxy) is 1. The molecular weight excluding hydrogens is 250 g/mol. The highest BCUT2D eigenvalue weighted by atomic mass is 32.1. The van der Waals surface area contributed by atoms with Crippen molar-refractivity contribution < 1.29 is 9.53 Å². The topological polar surface area (TPSA) is 64.1 Å². The summed E-state index contributed by atoms with van der Waals surface area (Å²) in [5, 5.41) is 10.4. The largest absolute Gasteiger partial charge is 0.483 e. The van der Waals surface area contributed by atoms with Crippen molar-refractivity contribution >= 4 is 22.4 Å². The summed E-state index contributed by atoms with van der Waals surface area (Å²) in [6.45, 7) is 3.93. The predicted octanol–water partition coefficient (Wildman–Crippen LogP) is 2.17. The maximum Gasteiger partial charge on any atom is 0.264 e.